The van der Waals surface area contributed by atoms with Crippen molar-refractivity contribution in [2.75, 3.05) is 11.9 Å². The third-order valence-electron chi connectivity index (χ3n) is 3.70. The maximum atomic E-state index is 12.4. The fourth-order valence-electron chi connectivity index (χ4n) is 2.54. The molecule has 1 atom stereocenters. The standard InChI is InChI=1S/C17H16N2O3/c18-16(20)13-6-2-3-7-14(13)19-17(21)12-9-11-5-1-4-8-15(11)22-10-12/h1-8,12H,9-10H2,(H2,18,20)(H,19,21). The molecule has 0 saturated carbocycles. The highest BCUT2D eigenvalue weighted by Gasteiger charge is 2.26. The summed E-state index contributed by atoms with van der Waals surface area (Å²) in [7, 11) is 0. The minimum absolute atomic E-state index is 0.178. The number of benzene rings is 2. The van der Waals surface area contributed by atoms with Gasteiger partial charge in [0.15, 0.2) is 0 Å². The van der Waals surface area contributed by atoms with Crippen LogP contribution in [0.2, 0.25) is 0 Å². The Balaban J connectivity index is 1.75. The van der Waals surface area contributed by atoms with Crippen LogP contribution in [0, 0.1) is 5.92 Å². The number of anilines is 1. The molecule has 0 fully saturated rings. The normalized spacial score (nSPS) is 16.3. The van der Waals surface area contributed by atoms with Gasteiger partial charge in [0.2, 0.25) is 5.91 Å². The molecular formula is C17H16N2O3. The van der Waals surface area contributed by atoms with Gasteiger partial charge in [-0.05, 0) is 30.2 Å². The van der Waals surface area contributed by atoms with Gasteiger partial charge in [-0.25, -0.2) is 0 Å². The number of hydrogen-bond donors (Lipinski definition) is 2. The van der Waals surface area contributed by atoms with Crippen molar-refractivity contribution < 1.29 is 14.3 Å². The minimum atomic E-state index is -0.568. The third kappa shape index (κ3) is 2.79. The summed E-state index contributed by atoms with van der Waals surface area (Å²) < 4.78 is 5.62. The van der Waals surface area contributed by atoms with Crippen molar-refractivity contribution in [1.82, 2.24) is 0 Å². The van der Waals surface area contributed by atoms with Crippen LogP contribution >= 0.6 is 0 Å². The van der Waals surface area contributed by atoms with E-state index in [1.165, 1.54) is 0 Å². The van der Waals surface area contributed by atoms with Crippen molar-refractivity contribution in [3.63, 3.8) is 0 Å². The largest absolute Gasteiger partial charge is 0.492 e. The van der Waals surface area contributed by atoms with Crippen molar-refractivity contribution in [3.05, 3.63) is 59.7 Å². The van der Waals surface area contributed by atoms with Crippen LogP contribution in [0.3, 0.4) is 0 Å². The topological polar surface area (TPSA) is 81.4 Å². The summed E-state index contributed by atoms with van der Waals surface area (Å²) in [6.45, 7) is 0.321. The second kappa shape index (κ2) is 5.89. The van der Waals surface area contributed by atoms with Crippen LogP contribution in [0.15, 0.2) is 48.5 Å². The van der Waals surface area contributed by atoms with Crippen molar-refractivity contribution >= 4 is 17.5 Å². The third-order valence-corrected chi connectivity index (χ3v) is 3.70. The first-order valence-electron chi connectivity index (χ1n) is 7.05. The first-order valence-corrected chi connectivity index (χ1v) is 7.05. The molecule has 1 aliphatic rings. The lowest BCUT2D eigenvalue weighted by Gasteiger charge is -2.24. The molecule has 3 rings (SSSR count). The van der Waals surface area contributed by atoms with E-state index in [1.54, 1.807) is 24.3 Å². The average molecular weight is 296 g/mol. The van der Waals surface area contributed by atoms with Gasteiger partial charge in [0, 0.05) is 0 Å². The Morgan fingerprint density at radius 2 is 1.82 bits per heavy atom. The Hall–Kier alpha value is -2.82. The molecule has 3 N–H and O–H groups in total. The second-order valence-electron chi connectivity index (χ2n) is 5.22. The first kappa shape index (κ1) is 14.1. The summed E-state index contributed by atoms with van der Waals surface area (Å²) >= 11 is 0. The van der Waals surface area contributed by atoms with Crippen LogP contribution < -0.4 is 15.8 Å². The summed E-state index contributed by atoms with van der Waals surface area (Å²) in [6.07, 6.45) is 0.612. The van der Waals surface area contributed by atoms with Crippen LogP contribution in [0.4, 0.5) is 5.69 Å². The Bertz CT molecular complexity index is 727. The Morgan fingerprint density at radius 3 is 2.64 bits per heavy atom. The summed E-state index contributed by atoms with van der Waals surface area (Å²) in [4.78, 5) is 23.8. The van der Waals surface area contributed by atoms with Crippen LogP contribution in [0.1, 0.15) is 15.9 Å². The molecule has 0 bridgehead atoms. The van der Waals surface area contributed by atoms with Gasteiger partial charge in [0.25, 0.3) is 5.91 Å². The van der Waals surface area contributed by atoms with Crippen molar-refractivity contribution in [2.45, 2.75) is 6.42 Å². The SMILES string of the molecule is NC(=O)c1ccccc1NC(=O)C1COc2ccccc2C1. The van der Waals surface area contributed by atoms with Crippen LogP contribution in [-0.4, -0.2) is 18.4 Å². The van der Waals surface area contributed by atoms with Crippen LogP contribution in [0.25, 0.3) is 0 Å². The number of primary amides is 1. The van der Waals surface area contributed by atoms with Gasteiger partial charge in [0.1, 0.15) is 12.4 Å². The van der Waals surface area contributed by atoms with Gasteiger partial charge >= 0.3 is 0 Å². The summed E-state index contributed by atoms with van der Waals surface area (Å²) in [5.74, 6) is -0.218. The van der Waals surface area contributed by atoms with E-state index < -0.39 is 5.91 Å². The maximum Gasteiger partial charge on any atom is 0.250 e. The molecule has 0 spiro atoms. The molecule has 2 aromatic carbocycles. The Morgan fingerprint density at radius 1 is 1.09 bits per heavy atom. The molecule has 112 valence electrons. The highest BCUT2D eigenvalue weighted by molar-refractivity contribution is 6.03. The van der Waals surface area contributed by atoms with Gasteiger partial charge in [-0.15, -0.1) is 0 Å². The highest BCUT2D eigenvalue weighted by Crippen LogP contribution is 2.27. The molecule has 1 aliphatic heterocycles. The lowest BCUT2D eigenvalue weighted by Crippen LogP contribution is -2.33. The predicted molar refractivity (Wildman–Crippen MR) is 82.7 cm³/mol. The summed E-state index contributed by atoms with van der Waals surface area (Å²) in [5.41, 5.74) is 7.06. The van der Waals surface area contributed by atoms with Gasteiger partial charge in [-0.2, -0.15) is 0 Å². The van der Waals surface area contributed by atoms with Gasteiger partial charge in [-0.3, -0.25) is 9.59 Å². The van der Waals surface area contributed by atoms with Crippen molar-refractivity contribution in [1.29, 1.82) is 0 Å². The quantitative estimate of drug-likeness (QED) is 0.908. The molecule has 1 unspecified atom stereocenters. The zero-order valence-corrected chi connectivity index (χ0v) is 11.9. The molecule has 2 amide bonds. The maximum absolute atomic E-state index is 12.4. The number of carbonyl (C=O) groups excluding carboxylic acids is 2. The molecule has 0 saturated heterocycles. The van der Waals surface area contributed by atoms with Crippen LogP contribution in [-0.2, 0) is 11.2 Å². The fourth-order valence-corrected chi connectivity index (χ4v) is 2.54. The second-order valence-corrected chi connectivity index (χ2v) is 5.22. The number of nitrogens with two attached hydrogens (primary N) is 1. The number of amides is 2. The minimum Gasteiger partial charge on any atom is -0.492 e. The number of hydrogen-bond acceptors (Lipinski definition) is 3. The number of nitrogens with one attached hydrogen (secondary N) is 1. The molecular weight excluding hydrogens is 280 g/mol. The van der Waals surface area contributed by atoms with Crippen molar-refractivity contribution in [2.24, 2.45) is 11.7 Å². The Labute approximate surface area is 128 Å². The van der Waals surface area contributed by atoms with E-state index in [4.69, 9.17) is 10.5 Å². The summed E-state index contributed by atoms with van der Waals surface area (Å²) in [5, 5.41) is 2.77. The smallest absolute Gasteiger partial charge is 0.250 e. The summed E-state index contributed by atoms with van der Waals surface area (Å²) in [6, 6.07) is 14.4. The van der Waals surface area contributed by atoms with Gasteiger partial charge in [0.05, 0.1) is 17.2 Å². The van der Waals surface area contributed by atoms with E-state index >= 15 is 0 Å². The monoisotopic (exact) mass is 296 g/mol. The predicted octanol–water partition coefficient (Wildman–Crippen LogP) is 1.98. The molecule has 0 aliphatic carbocycles. The van der Waals surface area contributed by atoms with Gasteiger partial charge < -0.3 is 15.8 Å². The van der Waals surface area contributed by atoms with Gasteiger partial charge in [-0.1, -0.05) is 30.3 Å². The van der Waals surface area contributed by atoms with Crippen molar-refractivity contribution in [3.8, 4) is 5.75 Å². The molecule has 2 aromatic rings. The number of rotatable bonds is 3. The van der Waals surface area contributed by atoms with Crippen LogP contribution in [0.5, 0.6) is 5.75 Å². The average Bonchev–Trinajstić information content (AvgIpc) is 2.54. The van der Waals surface area contributed by atoms with E-state index in [2.05, 4.69) is 5.32 Å². The Kier molecular flexibility index (Phi) is 3.78. The molecule has 1 heterocycles. The van der Waals surface area contributed by atoms with E-state index in [9.17, 15) is 9.59 Å². The lowest BCUT2D eigenvalue weighted by atomic mass is 9.96. The zero-order chi connectivity index (χ0) is 15.5. The fraction of sp³-hybridized carbons (Fsp3) is 0.176. The number of fused-ring (bicyclic) bond motifs is 1. The zero-order valence-electron chi connectivity index (χ0n) is 11.9. The van der Waals surface area contributed by atoms with E-state index in [1.807, 2.05) is 24.3 Å². The first-order chi connectivity index (χ1) is 10.6. The van der Waals surface area contributed by atoms with E-state index in [-0.39, 0.29) is 11.8 Å². The number of ether oxygens (including phenoxy) is 1. The number of carbonyl (C=O) groups is 2. The number of para-hydroxylation sites is 2. The molecule has 5 heteroatoms. The van der Waals surface area contributed by atoms with E-state index in [0.29, 0.717) is 24.3 Å². The van der Waals surface area contributed by atoms with E-state index in [0.717, 1.165) is 11.3 Å². The molecule has 0 radical (unpaired) electrons. The lowest BCUT2D eigenvalue weighted by molar-refractivity contribution is -0.121. The molecule has 22 heavy (non-hydrogen) atoms. The molecule has 5 nitrogen and oxygen atoms in total. The highest BCUT2D eigenvalue weighted by atomic mass is 16.5. The molecule has 0 aromatic heterocycles.